The molecular weight excluding hydrogens is 188 g/mol. The minimum Gasteiger partial charge on any atom is -0.310 e. The molecule has 1 aliphatic rings. The van der Waals surface area contributed by atoms with Crippen molar-refractivity contribution < 1.29 is 0 Å². The number of halogens is 1. The smallest absolute Gasteiger partial charge is 0.255 e. The van der Waals surface area contributed by atoms with Crippen molar-refractivity contribution in [2.75, 3.05) is 0 Å². The van der Waals surface area contributed by atoms with E-state index < -0.39 is 0 Å². The molecule has 0 saturated heterocycles. The molecule has 1 saturated carbocycles. The number of hydrogen-bond acceptors (Lipinski definition) is 2. The third-order valence-electron chi connectivity index (χ3n) is 2.53. The van der Waals surface area contributed by atoms with Crippen molar-refractivity contribution >= 4 is 11.6 Å². The normalized spacial score (nSPS) is 17.0. The molecule has 0 bridgehead atoms. The first kappa shape index (κ1) is 8.75. The average molecular weight is 199 g/mol. The van der Waals surface area contributed by atoms with E-state index in [-0.39, 0.29) is 11.4 Å². The van der Waals surface area contributed by atoms with Crippen LogP contribution in [0, 0.1) is 0 Å². The van der Waals surface area contributed by atoms with E-state index in [4.69, 9.17) is 11.6 Å². The summed E-state index contributed by atoms with van der Waals surface area (Å²) in [6.45, 7) is 0. The second kappa shape index (κ2) is 3.50. The standard InChI is InChI=1S/C9H11ClN2O/c10-4-7-5-11-8(12-9(7)13)6-2-1-3-6/h5-6H,1-4H2,(H,11,12,13). The number of nitrogens with one attached hydrogen (secondary N) is 1. The molecule has 1 N–H and O–H groups in total. The van der Waals surface area contributed by atoms with Crippen LogP contribution in [0.2, 0.25) is 0 Å². The van der Waals surface area contributed by atoms with Crippen molar-refractivity contribution in [3.05, 3.63) is 27.9 Å². The number of alkyl halides is 1. The van der Waals surface area contributed by atoms with Crippen molar-refractivity contribution in [3.8, 4) is 0 Å². The van der Waals surface area contributed by atoms with Crippen molar-refractivity contribution in [2.24, 2.45) is 0 Å². The molecule has 0 spiro atoms. The van der Waals surface area contributed by atoms with Gasteiger partial charge in [-0.2, -0.15) is 0 Å². The van der Waals surface area contributed by atoms with Gasteiger partial charge in [-0.3, -0.25) is 4.79 Å². The Bertz CT molecular complexity index is 357. The minimum absolute atomic E-state index is 0.0908. The number of aromatic nitrogens is 2. The van der Waals surface area contributed by atoms with Crippen LogP contribution in [0.1, 0.15) is 36.6 Å². The van der Waals surface area contributed by atoms with Crippen LogP contribution in [-0.4, -0.2) is 9.97 Å². The number of nitrogens with zero attached hydrogens (tertiary/aromatic N) is 1. The van der Waals surface area contributed by atoms with Crippen molar-refractivity contribution in [1.29, 1.82) is 0 Å². The van der Waals surface area contributed by atoms with Gasteiger partial charge in [0.15, 0.2) is 0 Å². The Kier molecular flexibility index (Phi) is 2.36. The summed E-state index contributed by atoms with van der Waals surface area (Å²) >= 11 is 5.55. The first-order valence-corrected chi connectivity index (χ1v) is 4.99. The maximum Gasteiger partial charge on any atom is 0.255 e. The van der Waals surface area contributed by atoms with Crippen LogP contribution in [0.15, 0.2) is 11.0 Å². The maximum atomic E-state index is 11.3. The molecule has 1 aliphatic carbocycles. The Labute approximate surface area is 81.2 Å². The lowest BCUT2D eigenvalue weighted by atomic mass is 9.85. The molecule has 2 rings (SSSR count). The predicted molar refractivity (Wildman–Crippen MR) is 51.0 cm³/mol. The summed E-state index contributed by atoms with van der Waals surface area (Å²) in [7, 11) is 0. The first-order chi connectivity index (χ1) is 6.31. The SMILES string of the molecule is O=c1[nH]c(C2CCC2)ncc1CCl. The van der Waals surface area contributed by atoms with Crippen LogP contribution in [0.25, 0.3) is 0 Å². The number of aromatic amines is 1. The number of rotatable bonds is 2. The molecular formula is C9H11ClN2O. The summed E-state index contributed by atoms with van der Waals surface area (Å²) in [6.07, 6.45) is 5.11. The predicted octanol–water partition coefficient (Wildman–Crippen LogP) is 1.78. The molecule has 1 fully saturated rings. The molecule has 0 radical (unpaired) electrons. The molecule has 0 aromatic carbocycles. The van der Waals surface area contributed by atoms with Crippen LogP contribution < -0.4 is 5.56 Å². The molecule has 1 heterocycles. The van der Waals surface area contributed by atoms with Gasteiger partial charge in [-0.1, -0.05) is 6.42 Å². The number of hydrogen-bond donors (Lipinski definition) is 1. The van der Waals surface area contributed by atoms with E-state index in [0.29, 0.717) is 11.5 Å². The van der Waals surface area contributed by atoms with Crippen LogP contribution in [0.5, 0.6) is 0 Å². The molecule has 0 amide bonds. The molecule has 0 unspecified atom stereocenters. The zero-order valence-corrected chi connectivity index (χ0v) is 7.97. The Hall–Kier alpha value is -0.830. The molecule has 0 atom stereocenters. The molecule has 3 nitrogen and oxygen atoms in total. The van der Waals surface area contributed by atoms with Gasteiger partial charge in [0.05, 0.1) is 11.4 Å². The summed E-state index contributed by atoms with van der Waals surface area (Å²) in [5.41, 5.74) is 0.455. The minimum atomic E-state index is -0.0908. The summed E-state index contributed by atoms with van der Waals surface area (Å²) in [6, 6.07) is 0. The zero-order chi connectivity index (χ0) is 9.26. The highest BCUT2D eigenvalue weighted by atomic mass is 35.5. The topological polar surface area (TPSA) is 45.8 Å². The van der Waals surface area contributed by atoms with E-state index in [1.54, 1.807) is 6.20 Å². The fraction of sp³-hybridized carbons (Fsp3) is 0.556. The van der Waals surface area contributed by atoms with E-state index >= 15 is 0 Å². The molecule has 0 aliphatic heterocycles. The highest BCUT2D eigenvalue weighted by Gasteiger charge is 2.21. The monoisotopic (exact) mass is 198 g/mol. The van der Waals surface area contributed by atoms with Gasteiger partial charge in [0.2, 0.25) is 0 Å². The molecule has 1 aromatic rings. The lowest BCUT2D eigenvalue weighted by Gasteiger charge is -2.23. The van der Waals surface area contributed by atoms with E-state index in [0.717, 1.165) is 18.7 Å². The highest BCUT2D eigenvalue weighted by molar-refractivity contribution is 6.16. The lowest BCUT2D eigenvalue weighted by Crippen LogP contribution is -2.20. The van der Waals surface area contributed by atoms with Crippen molar-refractivity contribution in [3.63, 3.8) is 0 Å². The summed E-state index contributed by atoms with van der Waals surface area (Å²) in [5, 5.41) is 0. The van der Waals surface area contributed by atoms with Gasteiger partial charge in [0, 0.05) is 12.1 Å². The Morgan fingerprint density at radius 1 is 1.62 bits per heavy atom. The van der Waals surface area contributed by atoms with E-state index in [1.807, 2.05) is 0 Å². The van der Waals surface area contributed by atoms with E-state index in [1.165, 1.54) is 6.42 Å². The first-order valence-electron chi connectivity index (χ1n) is 4.45. The van der Waals surface area contributed by atoms with Gasteiger partial charge in [-0.25, -0.2) is 4.98 Å². The molecule has 70 valence electrons. The fourth-order valence-corrected chi connectivity index (χ4v) is 1.61. The van der Waals surface area contributed by atoms with Crippen LogP contribution in [0.3, 0.4) is 0 Å². The largest absolute Gasteiger partial charge is 0.310 e. The van der Waals surface area contributed by atoms with E-state index in [9.17, 15) is 4.79 Å². The number of H-pyrrole nitrogens is 1. The van der Waals surface area contributed by atoms with Gasteiger partial charge < -0.3 is 4.98 Å². The quantitative estimate of drug-likeness (QED) is 0.737. The summed E-state index contributed by atoms with van der Waals surface area (Å²) < 4.78 is 0. The van der Waals surface area contributed by atoms with Gasteiger partial charge in [-0.05, 0) is 12.8 Å². The van der Waals surface area contributed by atoms with Gasteiger partial charge in [-0.15, -0.1) is 11.6 Å². The maximum absolute atomic E-state index is 11.3. The van der Waals surface area contributed by atoms with E-state index in [2.05, 4.69) is 9.97 Å². The third kappa shape index (κ3) is 1.61. The van der Waals surface area contributed by atoms with Crippen LogP contribution in [0.4, 0.5) is 0 Å². The van der Waals surface area contributed by atoms with Crippen molar-refractivity contribution in [1.82, 2.24) is 9.97 Å². The fourth-order valence-electron chi connectivity index (χ4n) is 1.42. The van der Waals surface area contributed by atoms with Crippen LogP contribution in [-0.2, 0) is 5.88 Å². The zero-order valence-electron chi connectivity index (χ0n) is 7.22. The lowest BCUT2D eigenvalue weighted by molar-refractivity contribution is 0.400. The van der Waals surface area contributed by atoms with Crippen LogP contribution >= 0.6 is 11.6 Å². The summed E-state index contributed by atoms with van der Waals surface area (Å²) in [5.74, 6) is 1.52. The molecule has 1 aromatic heterocycles. The average Bonchev–Trinajstić information content (AvgIpc) is 2.01. The molecule has 13 heavy (non-hydrogen) atoms. The van der Waals surface area contributed by atoms with Gasteiger partial charge >= 0.3 is 0 Å². The summed E-state index contributed by atoms with van der Waals surface area (Å²) in [4.78, 5) is 18.3. The van der Waals surface area contributed by atoms with Gasteiger partial charge in [0.25, 0.3) is 5.56 Å². The second-order valence-electron chi connectivity index (χ2n) is 3.38. The highest BCUT2D eigenvalue weighted by Crippen LogP contribution is 2.33. The molecule has 4 heteroatoms. The van der Waals surface area contributed by atoms with Crippen molar-refractivity contribution in [2.45, 2.75) is 31.1 Å². The Balaban J connectivity index is 2.29. The van der Waals surface area contributed by atoms with Gasteiger partial charge in [0.1, 0.15) is 5.82 Å². The Morgan fingerprint density at radius 3 is 2.85 bits per heavy atom. The Morgan fingerprint density at radius 2 is 2.38 bits per heavy atom. The third-order valence-corrected chi connectivity index (χ3v) is 2.82. The second-order valence-corrected chi connectivity index (χ2v) is 3.65.